The fourth-order valence-electron chi connectivity index (χ4n) is 1.30. The molecule has 1 atom stereocenters. The molecule has 1 nitrogen and oxygen atoms in total. The molecule has 0 spiro atoms. The van der Waals surface area contributed by atoms with E-state index in [-0.39, 0.29) is 0 Å². The van der Waals surface area contributed by atoms with E-state index in [9.17, 15) is 4.79 Å². The van der Waals surface area contributed by atoms with Crippen LogP contribution >= 0.6 is 23.2 Å². The van der Waals surface area contributed by atoms with E-state index in [0.29, 0.717) is 0 Å². The van der Waals surface area contributed by atoms with Crippen molar-refractivity contribution in [2.75, 3.05) is 0 Å². The van der Waals surface area contributed by atoms with Crippen molar-refractivity contribution in [1.82, 2.24) is 0 Å². The van der Waals surface area contributed by atoms with Gasteiger partial charge in [-0.05, 0) is 17.2 Å². The number of rotatable bonds is 3. The molecule has 0 saturated heterocycles. The van der Waals surface area contributed by atoms with Crippen molar-refractivity contribution in [2.45, 2.75) is 24.6 Å². The molecule has 1 unspecified atom stereocenters. The van der Waals surface area contributed by atoms with Crippen LogP contribution in [0.1, 0.15) is 19.4 Å². The smallest absolute Gasteiger partial charge is 0.240 e. The molecule has 0 heterocycles. The van der Waals surface area contributed by atoms with Crippen molar-refractivity contribution in [3.8, 4) is 0 Å². The van der Waals surface area contributed by atoms with E-state index >= 15 is 0 Å². The molecule has 0 fully saturated rings. The summed E-state index contributed by atoms with van der Waals surface area (Å²) in [5.41, 5.74) is 0.566. The minimum atomic E-state index is -0.702. The Kier molecular flexibility index (Phi) is 3.57. The van der Waals surface area contributed by atoms with Gasteiger partial charge < -0.3 is 0 Å². The predicted octanol–water partition coefficient (Wildman–Crippen LogP) is 3.34. The second-order valence-electron chi connectivity index (χ2n) is 3.75. The zero-order valence-corrected chi connectivity index (χ0v) is 9.64. The molecule has 0 aliphatic carbocycles. The Labute approximate surface area is 94.0 Å². The quantitative estimate of drug-likeness (QED) is 0.576. The molecule has 1 aromatic carbocycles. The molecule has 0 N–H and O–H groups in total. The van der Waals surface area contributed by atoms with E-state index in [1.165, 1.54) is 0 Å². The predicted molar refractivity (Wildman–Crippen MR) is 60.0 cm³/mol. The summed E-state index contributed by atoms with van der Waals surface area (Å²) in [4.78, 5) is 11.0. The average molecular weight is 231 g/mol. The number of hydrogen-bond donors (Lipinski definition) is 0. The van der Waals surface area contributed by atoms with Crippen molar-refractivity contribution in [3.05, 3.63) is 35.9 Å². The lowest BCUT2D eigenvalue weighted by Crippen LogP contribution is -2.33. The molecular formula is C11H12Cl2O. The van der Waals surface area contributed by atoms with E-state index in [1.54, 1.807) is 0 Å². The summed E-state index contributed by atoms with van der Waals surface area (Å²) in [6.07, 6.45) is 0. The summed E-state index contributed by atoms with van der Waals surface area (Å²) >= 11 is 11.4. The zero-order chi connectivity index (χ0) is 10.8. The summed E-state index contributed by atoms with van der Waals surface area (Å²) < 4.78 is 0. The van der Waals surface area contributed by atoms with Crippen LogP contribution in [0.25, 0.3) is 0 Å². The maximum Gasteiger partial charge on any atom is 0.240 e. The first-order chi connectivity index (χ1) is 6.46. The Morgan fingerprint density at radius 3 is 2.21 bits per heavy atom. The third kappa shape index (κ3) is 2.28. The average Bonchev–Trinajstić information content (AvgIpc) is 2.18. The lowest BCUT2D eigenvalue weighted by atomic mass is 9.82. The molecule has 0 aromatic heterocycles. The molecule has 0 bridgehead atoms. The zero-order valence-electron chi connectivity index (χ0n) is 8.13. The normalized spacial score (nSPS) is 13.7. The fraction of sp³-hybridized carbons (Fsp3) is 0.364. The van der Waals surface area contributed by atoms with Crippen LogP contribution < -0.4 is 0 Å². The van der Waals surface area contributed by atoms with Crippen molar-refractivity contribution >= 4 is 28.4 Å². The second-order valence-corrected chi connectivity index (χ2v) is 4.56. The monoisotopic (exact) mass is 230 g/mol. The van der Waals surface area contributed by atoms with E-state index < -0.39 is 16.0 Å². The van der Waals surface area contributed by atoms with Gasteiger partial charge in [0.05, 0.1) is 0 Å². The van der Waals surface area contributed by atoms with Crippen molar-refractivity contribution in [3.63, 3.8) is 0 Å². The van der Waals surface area contributed by atoms with Crippen LogP contribution in [0.2, 0.25) is 0 Å². The highest BCUT2D eigenvalue weighted by molar-refractivity contribution is 6.69. The molecule has 0 saturated carbocycles. The first-order valence-electron chi connectivity index (χ1n) is 4.35. The Bertz CT molecular complexity index is 319. The largest absolute Gasteiger partial charge is 0.280 e. The maximum atomic E-state index is 11.0. The summed E-state index contributed by atoms with van der Waals surface area (Å²) in [5.74, 6) is 0. The summed E-state index contributed by atoms with van der Waals surface area (Å²) in [7, 11) is 0. The molecule has 0 aliphatic heterocycles. The number of halogens is 2. The highest BCUT2D eigenvalue weighted by Gasteiger charge is 2.33. The van der Waals surface area contributed by atoms with Crippen LogP contribution in [-0.2, 0) is 10.2 Å². The number of alkyl halides is 1. The van der Waals surface area contributed by atoms with Crippen LogP contribution in [0.15, 0.2) is 30.3 Å². The minimum absolute atomic E-state index is 0.443. The molecule has 0 amide bonds. The van der Waals surface area contributed by atoms with Crippen LogP contribution in [-0.4, -0.2) is 10.6 Å². The Hall–Kier alpha value is -0.530. The van der Waals surface area contributed by atoms with Gasteiger partial charge in [-0.15, -0.1) is 11.6 Å². The Morgan fingerprint density at radius 2 is 1.79 bits per heavy atom. The van der Waals surface area contributed by atoms with E-state index in [2.05, 4.69) is 0 Å². The summed E-state index contributed by atoms with van der Waals surface area (Å²) in [6, 6.07) is 9.63. The van der Waals surface area contributed by atoms with Gasteiger partial charge in [-0.2, -0.15) is 0 Å². The number of carbonyl (C=O) groups excluding carboxylic acids is 1. The highest BCUT2D eigenvalue weighted by atomic mass is 35.5. The molecule has 3 heteroatoms. The molecular weight excluding hydrogens is 219 g/mol. The van der Waals surface area contributed by atoms with Crippen molar-refractivity contribution < 1.29 is 4.79 Å². The van der Waals surface area contributed by atoms with Gasteiger partial charge in [0.15, 0.2) is 0 Å². The standard InChI is InChI=1S/C11H12Cl2O/c1-11(2,9(12)10(13)14)8-6-4-3-5-7-8/h3-7,9H,1-2H3. The molecule has 76 valence electrons. The van der Waals surface area contributed by atoms with Gasteiger partial charge in [0, 0.05) is 5.41 Å². The van der Waals surface area contributed by atoms with E-state index in [1.807, 2.05) is 44.2 Å². The Balaban J connectivity index is 3.02. The molecule has 0 radical (unpaired) electrons. The molecule has 1 rings (SSSR count). The lowest BCUT2D eigenvalue weighted by Gasteiger charge is -2.28. The Morgan fingerprint density at radius 1 is 1.29 bits per heavy atom. The first-order valence-corrected chi connectivity index (χ1v) is 5.16. The lowest BCUT2D eigenvalue weighted by molar-refractivity contribution is -0.112. The van der Waals surface area contributed by atoms with Crippen molar-refractivity contribution in [1.29, 1.82) is 0 Å². The number of carbonyl (C=O) groups is 1. The first kappa shape index (κ1) is 11.5. The van der Waals surface area contributed by atoms with Gasteiger partial charge in [0.1, 0.15) is 5.38 Å². The van der Waals surface area contributed by atoms with E-state index in [4.69, 9.17) is 23.2 Å². The van der Waals surface area contributed by atoms with Gasteiger partial charge in [0.2, 0.25) is 5.24 Å². The van der Waals surface area contributed by atoms with Crippen LogP contribution in [0.3, 0.4) is 0 Å². The third-order valence-electron chi connectivity index (χ3n) is 2.35. The van der Waals surface area contributed by atoms with Crippen molar-refractivity contribution in [2.24, 2.45) is 0 Å². The molecule has 1 aromatic rings. The summed E-state index contributed by atoms with van der Waals surface area (Å²) in [5, 5.41) is -1.22. The second kappa shape index (κ2) is 4.33. The summed E-state index contributed by atoms with van der Waals surface area (Å²) in [6.45, 7) is 3.81. The number of benzene rings is 1. The minimum Gasteiger partial charge on any atom is -0.280 e. The van der Waals surface area contributed by atoms with Gasteiger partial charge in [-0.25, -0.2) is 0 Å². The molecule has 14 heavy (non-hydrogen) atoms. The molecule has 0 aliphatic rings. The third-order valence-corrected chi connectivity index (χ3v) is 3.42. The topological polar surface area (TPSA) is 17.1 Å². The fourth-order valence-corrected chi connectivity index (χ4v) is 1.70. The van der Waals surface area contributed by atoms with Gasteiger partial charge >= 0.3 is 0 Å². The maximum absolute atomic E-state index is 11.0. The van der Waals surface area contributed by atoms with Gasteiger partial charge in [0.25, 0.3) is 0 Å². The SMILES string of the molecule is CC(C)(c1ccccc1)C(Cl)C(=O)Cl. The van der Waals surface area contributed by atoms with Gasteiger partial charge in [-0.3, -0.25) is 4.79 Å². The highest BCUT2D eigenvalue weighted by Crippen LogP contribution is 2.31. The number of hydrogen-bond acceptors (Lipinski definition) is 1. The van der Waals surface area contributed by atoms with Crippen LogP contribution in [0, 0.1) is 0 Å². The van der Waals surface area contributed by atoms with E-state index in [0.717, 1.165) is 5.56 Å². The van der Waals surface area contributed by atoms with Gasteiger partial charge in [-0.1, -0.05) is 44.2 Å². The van der Waals surface area contributed by atoms with Crippen LogP contribution in [0.4, 0.5) is 0 Å². The van der Waals surface area contributed by atoms with Crippen LogP contribution in [0.5, 0.6) is 0 Å².